The number of ether oxygens (including phenoxy) is 1. The fourth-order valence-electron chi connectivity index (χ4n) is 4.12. The van der Waals surface area contributed by atoms with E-state index in [9.17, 15) is 14.4 Å². The van der Waals surface area contributed by atoms with Gasteiger partial charge in [0.25, 0.3) is 5.91 Å². The van der Waals surface area contributed by atoms with E-state index in [2.05, 4.69) is 25.5 Å². The molecule has 2 fully saturated rings. The van der Waals surface area contributed by atoms with Crippen LogP contribution < -0.4 is 21.0 Å². The maximum absolute atomic E-state index is 12.8. The summed E-state index contributed by atoms with van der Waals surface area (Å²) >= 11 is 0. The molecule has 9 nitrogen and oxygen atoms in total. The van der Waals surface area contributed by atoms with Gasteiger partial charge in [-0.1, -0.05) is 11.5 Å². The lowest BCUT2D eigenvalue weighted by Gasteiger charge is -2.35. The van der Waals surface area contributed by atoms with Crippen LogP contribution in [0.25, 0.3) is 0 Å². The molecule has 10 heteroatoms. The quantitative estimate of drug-likeness (QED) is 0.465. The van der Waals surface area contributed by atoms with Crippen molar-refractivity contribution in [2.24, 2.45) is 5.92 Å². The summed E-state index contributed by atoms with van der Waals surface area (Å²) in [6.45, 7) is 2.02. The molecule has 2 aliphatic rings. The van der Waals surface area contributed by atoms with E-state index < -0.39 is 11.5 Å². The summed E-state index contributed by atoms with van der Waals surface area (Å²) in [5.41, 5.74) is 1.34. The van der Waals surface area contributed by atoms with Crippen LogP contribution in [0, 0.1) is 5.92 Å². The number of aromatic nitrogens is 2. The van der Waals surface area contributed by atoms with Crippen LogP contribution in [-0.2, 0) is 9.53 Å². The van der Waals surface area contributed by atoms with Crippen molar-refractivity contribution < 1.29 is 19.1 Å². The molecule has 2 aromatic rings. The van der Waals surface area contributed by atoms with E-state index in [4.69, 9.17) is 12.6 Å². The molecule has 170 valence electrons. The van der Waals surface area contributed by atoms with E-state index in [1.165, 1.54) is 25.8 Å². The zero-order chi connectivity index (χ0) is 23.4. The molecule has 0 atom stereocenters. The van der Waals surface area contributed by atoms with Crippen LogP contribution in [0.4, 0.5) is 5.69 Å². The van der Waals surface area contributed by atoms with Crippen LogP contribution in [0.15, 0.2) is 36.9 Å². The van der Waals surface area contributed by atoms with E-state index in [-0.39, 0.29) is 11.8 Å². The van der Waals surface area contributed by atoms with Gasteiger partial charge in [-0.15, -0.1) is 0 Å². The topological polar surface area (TPSA) is 114 Å². The zero-order valence-electron chi connectivity index (χ0n) is 18.5. The number of anilines is 1. The fourth-order valence-corrected chi connectivity index (χ4v) is 4.12. The van der Waals surface area contributed by atoms with Crippen LogP contribution in [0.3, 0.4) is 0 Å². The Bertz CT molecular complexity index is 1040. The van der Waals surface area contributed by atoms with Crippen LogP contribution in [0.5, 0.6) is 0 Å². The van der Waals surface area contributed by atoms with Gasteiger partial charge in [0.1, 0.15) is 19.7 Å². The summed E-state index contributed by atoms with van der Waals surface area (Å²) in [6, 6.07) is 5.18. The largest absolute Gasteiger partial charge is 0.465 e. The average Bonchev–Trinajstić information content (AvgIpc) is 3.63. The van der Waals surface area contributed by atoms with Crippen molar-refractivity contribution in [1.82, 2.24) is 20.6 Å². The number of benzene rings is 1. The molecule has 1 aromatic carbocycles. The molecule has 2 N–H and O–H groups in total. The zero-order valence-corrected chi connectivity index (χ0v) is 18.5. The molecule has 2 amide bonds. The summed E-state index contributed by atoms with van der Waals surface area (Å²) in [6.07, 6.45) is 7.15. The number of hydrogen-bond donors (Lipinski definition) is 2. The lowest BCUT2D eigenvalue weighted by atomic mass is 9.91. The highest BCUT2D eigenvalue weighted by Crippen LogP contribution is 2.36. The Balaban J connectivity index is 1.29. The first-order chi connectivity index (χ1) is 15.9. The highest BCUT2D eigenvalue weighted by Gasteiger charge is 2.51. The SMILES string of the molecule is [B]c1ccc(C(=O)OC)c(N2CCC(CNC(=O)C3(NC(=O)c4cncnc4)CC3)CC2)c1. The van der Waals surface area contributed by atoms with E-state index in [0.717, 1.165) is 31.6 Å². The number of piperidine rings is 1. The molecule has 0 spiro atoms. The van der Waals surface area contributed by atoms with Crippen molar-refractivity contribution in [3.63, 3.8) is 0 Å². The maximum atomic E-state index is 12.8. The summed E-state index contributed by atoms with van der Waals surface area (Å²) < 4.78 is 4.90. The molecule has 1 saturated carbocycles. The van der Waals surface area contributed by atoms with Crippen molar-refractivity contribution in [3.05, 3.63) is 48.0 Å². The molecule has 1 aliphatic carbocycles. The van der Waals surface area contributed by atoms with Crippen LogP contribution in [0.1, 0.15) is 46.4 Å². The lowest BCUT2D eigenvalue weighted by molar-refractivity contribution is -0.124. The lowest BCUT2D eigenvalue weighted by Crippen LogP contribution is -2.50. The number of esters is 1. The number of rotatable bonds is 7. The number of methoxy groups -OCH3 is 1. The number of amides is 2. The van der Waals surface area contributed by atoms with Gasteiger partial charge in [-0.25, -0.2) is 14.8 Å². The van der Waals surface area contributed by atoms with Gasteiger partial charge in [0.15, 0.2) is 0 Å². The van der Waals surface area contributed by atoms with Crippen LogP contribution >= 0.6 is 0 Å². The molecule has 4 rings (SSSR count). The number of carbonyl (C=O) groups is 3. The summed E-state index contributed by atoms with van der Waals surface area (Å²) in [4.78, 5) is 47.1. The minimum atomic E-state index is -0.843. The van der Waals surface area contributed by atoms with Crippen molar-refractivity contribution in [2.75, 3.05) is 31.6 Å². The number of nitrogens with one attached hydrogen (secondary N) is 2. The summed E-state index contributed by atoms with van der Waals surface area (Å²) in [7, 11) is 7.30. The maximum Gasteiger partial charge on any atom is 0.339 e. The van der Waals surface area contributed by atoms with Gasteiger partial charge in [-0.3, -0.25) is 9.59 Å². The van der Waals surface area contributed by atoms with E-state index >= 15 is 0 Å². The van der Waals surface area contributed by atoms with E-state index in [1.807, 2.05) is 0 Å². The smallest absolute Gasteiger partial charge is 0.339 e. The Morgan fingerprint density at radius 3 is 2.52 bits per heavy atom. The van der Waals surface area contributed by atoms with Crippen molar-refractivity contribution >= 4 is 36.8 Å². The molecule has 1 aliphatic heterocycles. The van der Waals surface area contributed by atoms with Crippen molar-refractivity contribution in [3.8, 4) is 0 Å². The molecular weight excluding hydrogens is 421 g/mol. The van der Waals surface area contributed by atoms with E-state index in [1.54, 1.807) is 18.2 Å². The third-order valence-corrected chi connectivity index (χ3v) is 6.29. The monoisotopic (exact) mass is 447 g/mol. The minimum Gasteiger partial charge on any atom is -0.465 e. The summed E-state index contributed by atoms with van der Waals surface area (Å²) in [5, 5.41) is 5.85. The molecule has 1 aromatic heterocycles. The third-order valence-electron chi connectivity index (χ3n) is 6.29. The first kappa shape index (κ1) is 22.8. The average molecular weight is 447 g/mol. The Kier molecular flexibility index (Phi) is 6.62. The fraction of sp³-hybridized carbons (Fsp3) is 0.435. The standard InChI is InChI=1S/C23H26BN5O4/c1-33-21(31)18-3-2-17(24)10-19(18)29-8-4-15(5-9-29)11-27-22(32)23(6-7-23)28-20(30)16-12-25-14-26-13-16/h2-3,10,12-15H,4-9,11H2,1H3,(H,27,32)(H,28,30). The molecule has 33 heavy (non-hydrogen) atoms. The first-order valence-electron chi connectivity index (χ1n) is 11.0. The van der Waals surface area contributed by atoms with Gasteiger partial charge in [0.2, 0.25) is 5.91 Å². The third kappa shape index (κ3) is 5.15. The Morgan fingerprint density at radius 1 is 1.18 bits per heavy atom. The predicted molar refractivity (Wildman–Crippen MR) is 123 cm³/mol. The molecule has 0 bridgehead atoms. The highest BCUT2D eigenvalue weighted by atomic mass is 16.5. The second-order valence-corrected chi connectivity index (χ2v) is 8.57. The minimum absolute atomic E-state index is 0.154. The van der Waals surface area contributed by atoms with Gasteiger partial charge >= 0.3 is 5.97 Å². The Labute approximate surface area is 193 Å². The first-order valence-corrected chi connectivity index (χ1v) is 11.0. The van der Waals surface area contributed by atoms with Gasteiger partial charge < -0.3 is 20.3 Å². The number of hydrogen-bond acceptors (Lipinski definition) is 7. The second kappa shape index (κ2) is 9.60. The number of carbonyl (C=O) groups excluding carboxylic acids is 3. The van der Waals surface area contributed by atoms with Crippen LogP contribution in [-0.4, -0.2) is 67.9 Å². The number of nitrogens with zero attached hydrogens (tertiary/aromatic N) is 3. The Morgan fingerprint density at radius 2 is 1.88 bits per heavy atom. The molecule has 1 saturated heterocycles. The normalized spacial score (nSPS) is 17.2. The molecule has 2 radical (unpaired) electrons. The van der Waals surface area contributed by atoms with Gasteiger partial charge in [0.05, 0.1) is 23.9 Å². The van der Waals surface area contributed by atoms with Crippen molar-refractivity contribution in [2.45, 2.75) is 31.2 Å². The van der Waals surface area contributed by atoms with E-state index in [0.29, 0.717) is 41.9 Å². The summed E-state index contributed by atoms with van der Waals surface area (Å²) in [5.74, 6) is -0.584. The van der Waals surface area contributed by atoms with Gasteiger partial charge in [0, 0.05) is 32.0 Å². The van der Waals surface area contributed by atoms with Gasteiger partial charge in [-0.2, -0.15) is 0 Å². The van der Waals surface area contributed by atoms with Crippen LogP contribution in [0.2, 0.25) is 0 Å². The predicted octanol–water partition coefficient (Wildman–Crippen LogP) is 0.352. The molecular formula is C23H26BN5O4. The molecule has 0 unspecified atom stereocenters. The van der Waals surface area contributed by atoms with Crippen molar-refractivity contribution in [1.29, 1.82) is 0 Å². The van der Waals surface area contributed by atoms with Gasteiger partial charge in [-0.05, 0) is 43.7 Å². The second-order valence-electron chi connectivity index (χ2n) is 8.57. The Hall–Kier alpha value is -3.43. The highest BCUT2D eigenvalue weighted by molar-refractivity contribution is 6.32. The molecule has 2 heterocycles.